The molecule has 0 saturated carbocycles. The number of amides is 1. The molecular formula is C23H20N4O3. The Morgan fingerprint density at radius 3 is 2.67 bits per heavy atom. The van der Waals surface area contributed by atoms with E-state index in [0.29, 0.717) is 24.1 Å². The van der Waals surface area contributed by atoms with Gasteiger partial charge in [-0.1, -0.05) is 30.3 Å². The molecule has 1 amide bonds. The maximum Gasteiger partial charge on any atom is 0.287 e. The average molecular weight is 400 g/mol. The molecule has 7 heteroatoms. The summed E-state index contributed by atoms with van der Waals surface area (Å²) in [6.07, 6.45) is 2.57. The van der Waals surface area contributed by atoms with Crippen molar-refractivity contribution < 1.29 is 9.53 Å². The normalized spacial score (nSPS) is 18.7. The number of aromatic amines is 1. The maximum atomic E-state index is 12.8. The van der Waals surface area contributed by atoms with Crippen molar-refractivity contribution in [1.82, 2.24) is 20.3 Å². The van der Waals surface area contributed by atoms with Gasteiger partial charge >= 0.3 is 0 Å². The number of nitrogens with one attached hydrogen (secondary N) is 2. The summed E-state index contributed by atoms with van der Waals surface area (Å²) in [7, 11) is 0. The number of carbonyl (C=O) groups is 1. The summed E-state index contributed by atoms with van der Waals surface area (Å²) in [6.45, 7) is 0.987. The minimum atomic E-state index is -0.405. The van der Waals surface area contributed by atoms with Crippen LogP contribution >= 0.6 is 0 Å². The molecule has 2 aromatic carbocycles. The van der Waals surface area contributed by atoms with Crippen LogP contribution in [0.3, 0.4) is 0 Å². The Balaban J connectivity index is 1.37. The summed E-state index contributed by atoms with van der Waals surface area (Å²) in [4.78, 5) is 36.4. The van der Waals surface area contributed by atoms with Crippen molar-refractivity contribution in [3.8, 4) is 0 Å². The number of para-hydroxylation sites is 2. The first kappa shape index (κ1) is 18.4. The van der Waals surface area contributed by atoms with Gasteiger partial charge in [-0.25, -0.2) is 4.98 Å². The largest absolute Gasteiger partial charge is 0.379 e. The molecule has 2 atom stereocenters. The van der Waals surface area contributed by atoms with Gasteiger partial charge in [-0.05, 0) is 36.2 Å². The fourth-order valence-electron chi connectivity index (χ4n) is 4.01. The monoisotopic (exact) mass is 400 g/mol. The van der Waals surface area contributed by atoms with Gasteiger partial charge in [-0.3, -0.25) is 14.6 Å². The van der Waals surface area contributed by atoms with Crippen LogP contribution in [-0.4, -0.2) is 40.1 Å². The summed E-state index contributed by atoms with van der Waals surface area (Å²) in [5, 5.41) is 4.56. The number of hydrogen-bond acceptors (Lipinski definition) is 5. The third kappa shape index (κ3) is 3.44. The number of hydrogen-bond donors (Lipinski definition) is 2. The van der Waals surface area contributed by atoms with Crippen molar-refractivity contribution in [3.05, 3.63) is 82.5 Å². The summed E-state index contributed by atoms with van der Waals surface area (Å²) < 4.78 is 5.66. The van der Waals surface area contributed by atoms with Crippen molar-refractivity contribution in [2.45, 2.75) is 12.5 Å². The third-order valence-corrected chi connectivity index (χ3v) is 5.56. The van der Waals surface area contributed by atoms with E-state index in [2.05, 4.69) is 26.3 Å². The second kappa shape index (κ2) is 7.68. The zero-order chi connectivity index (χ0) is 20.5. The molecule has 0 spiro atoms. The maximum absolute atomic E-state index is 12.8. The van der Waals surface area contributed by atoms with Gasteiger partial charge in [0, 0.05) is 17.5 Å². The number of nitrogens with zero attached hydrogens (tertiary/aromatic N) is 2. The molecule has 1 saturated heterocycles. The standard InChI is InChI=1S/C23H20N4O3/c28-22-17-6-2-4-8-19(17)25-21(27-22)23(29)26-20-13-30-12-15(20)11-14-9-10-24-18-7-3-1-5-16(14)18/h1-10,15,20H,11-13H2,(H,26,29)(H,25,27,28)/t15-,20-/m1/s1. The van der Waals surface area contributed by atoms with E-state index in [1.807, 2.05) is 30.5 Å². The van der Waals surface area contributed by atoms with Crippen molar-refractivity contribution in [1.29, 1.82) is 0 Å². The van der Waals surface area contributed by atoms with E-state index in [1.54, 1.807) is 24.3 Å². The molecule has 3 heterocycles. The van der Waals surface area contributed by atoms with Crippen LogP contribution in [0.15, 0.2) is 65.6 Å². The fraction of sp³-hybridized carbons (Fsp3) is 0.217. The molecule has 1 fully saturated rings. The second-order valence-electron chi connectivity index (χ2n) is 7.50. The Morgan fingerprint density at radius 2 is 1.80 bits per heavy atom. The highest BCUT2D eigenvalue weighted by molar-refractivity contribution is 5.92. The van der Waals surface area contributed by atoms with Crippen LogP contribution < -0.4 is 10.9 Å². The molecule has 7 nitrogen and oxygen atoms in total. The minimum Gasteiger partial charge on any atom is -0.379 e. The van der Waals surface area contributed by atoms with E-state index in [-0.39, 0.29) is 23.3 Å². The quantitative estimate of drug-likeness (QED) is 0.549. The zero-order valence-electron chi connectivity index (χ0n) is 16.2. The van der Waals surface area contributed by atoms with Gasteiger partial charge in [0.25, 0.3) is 11.5 Å². The molecule has 30 heavy (non-hydrogen) atoms. The highest BCUT2D eigenvalue weighted by Crippen LogP contribution is 2.24. The van der Waals surface area contributed by atoms with E-state index < -0.39 is 5.91 Å². The third-order valence-electron chi connectivity index (χ3n) is 5.56. The number of ether oxygens (including phenoxy) is 1. The zero-order valence-corrected chi connectivity index (χ0v) is 16.2. The Labute approximate surface area is 172 Å². The number of pyridine rings is 1. The molecule has 0 aliphatic carbocycles. The van der Waals surface area contributed by atoms with Crippen molar-refractivity contribution in [2.24, 2.45) is 5.92 Å². The van der Waals surface area contributed by atoms with Gasteiger partial charge in [0.1, 0.15) is 0 Å². The van der Waals surface area contributed by atoms with Crippen molar-refractivity contribution in [2.75, 3.05) is 13.2 Å². The van der Waals surface area contributed by atoms with Gasteiger partial charge in [-0.15, -0.1) is 0 Å². The number of fused-ring (bicyclic) bond motifs is 2. The number of aromatic nitrogens is 3. The fourth-order valence-corrected chi connectivity index (χ4v) is 4.01. The Bertz CT molecular complexity index is 1300. The molecule has 0 unspecified atom stereocenters. The van der Waals surface area contributed by atoms with Gasteiger partial charge < -0.3 is 15.0 Å². The first-order chi connectivity index (χ1) is 14.7. The molecular weight excluding hydrogens is 380 g/mol. The lowest BCUT2D eigenvalue weighted by atomic mass is 9.93. The minimum absolute atomic E-state index is 0.0127. The molecule has 0 bridgehead atoms. The molecule has 5 rings (SSSR count). The average Bonchev–Trinajstić information content (AvgIpc) is 3.20. The summed E-state index contributed by atoms with van der Waals surface area (Å²) in [6, 6.07) is 16.8. The summed E-state index contributed by atoms with van der Waals surface area (Å²) in [5.74, 6) is -0.274. The summed E-state index contributed by atoms with van der Waals surface area (Å²) >= 11 is 0. The Hall–Kier alpha value is -3.58. The van der Waals surface area contributed by atoms with Crippen molar-refractivity contribution >= 4 is 27.7 Å². The lowest BCUT2D eigenvalue weighted by Gasteiger charge is -2.19. The number of rotatable bonds is 4. The van der Waals surface area contributed by atoms with Crippen molar-refractivity contribution in [3.63, 3.8) is 0 Å². The molecule has 0 radical (unpaired) electrons. The predicted octanol–water partition coefficient (Wildman–Crippen LogP) is 2.46. The Morgan fingerprint density at radius 1 is 1.03 bits per heavy atom. The van der Waals surface area contributed by atoms with E-state index in [9.17, 15) is 9.59 Å². The number of carbonyl (C=O) groups excluding carboxylic acids is 1. The molecule has 150 valence electrons. The summed E-state index contributed by atoms with van der Waals surface area (Å²) in [5.41, 5.74) is 2.29. The van der Waals surface area contributed by atoms with E-state index in [0.717, 1.165) is 17.3 Å². The molecule has 2 aromatic heterocycles. The van der Waals surface area contributed by atoms with Crippen LogP contribution in [0.2, 0.25) is 0 Å². The van der Waals surface area contributed by atoms with Gasteiger partial charge in [0.15, 0.2) is 5.82 Å². The van der Waals surface area contributed by atoms with Crippen LogP contribution in [0.25, 0.3) is 21.8 Å². The van der Waals surface area contributed by atoms with Gasteiger partial charge in [0.05, 0.1) is 35.7 Å². The van der Waals surface area contributed by atoms with E-state index >= 15 is 0 Å². The van der Waals surface area contributed by atoms with E-state index in [4.69, 9.17) is 4.74 Å². The van der Waals surface area contributed by atoms with Crippen LogP contribution in [-0.2, 0) is 11.2 Å². The van der Waals surface area contributed by atoms with Gasteiger partial charge in [-0.2, -0.15) is 0 Å². The Kier molecular flexibility index (Phi) is 4.72. The van der Waals surface area contributed by atoms with E-state index in [1.165, 1.54) is 5.56 Å². The molecule has 4 aromatic rings. The lowest BCUT2D eigenvalue weighted by Crippen LogP contribution is -2.41. The number of benzene rings is 2. The van der Waals surface area contributed by atoms with Gasteiger partial charge in [0.2, 0.25) is 0 Å². The predicted molar refractivity (Wildman–Crippen MR) is 113 cm³/mol. The van der Waals surface area contributed by atoms with Crippen LogP contribution in [0, 0.1) is 5.92 Å². The second-order valence-corrected chi connectivity index (χ2v) is 7.50. The highest BCUT2D eigenvalue weighted by atomic mass is 16.5. The van der Waals surface area contributed by atoms with Crippen LogP contribution in [0.4, 0.5) is 0 Å². The first-order valence-electron chi connectivity index (χ1n) is 9.89. The molecule has 1 aliphatic heterocycles. The highest BCUT2D eigenvalue weighted by Gasteiger charge is 2.31. The van der Waals surface area contributed by atoms with Crippen LogP contribution in [0.1, 0.15) is 16.2 Å². The molecule has 1 aliphatic rings. The number of H-pyrrole nitrogens is 1. The first-order valence-corrected chi connectivity index (χ1v) is 9.89. The van der Waals surface area contributed by atoms with Crippen LogP contribution in [0.5, 0.6) is 0 Å². The SMILES string of the molecule is O=C(N[C@@H]1COC[C@H]1Cc1ccnc2ccccc12)c1nc2ccccc2c(=O)[nH]1. The lowest BCUT2D eigenvalue weighted by molar-refractivity contribution is 0.0914. The molecule has 2 N–H and O–H groups in total. The topological polar surface area (TPSA) is 97.0 Å². The smallest absolute Gasteiger partial charge is 0.287 e.